The van der Waals surface area contributed by atoms with Crippen molar-refractivity contribution in [2.45, 2.75) is 25.4 Å². The van der Waals surface area contributed by atoms with Gasteiger partial charge in [0.1, 0.15) is 0 Å². The molecule has 0 aromatic heterocycles. The SMILES string of the molecule is Cc1ccccc1C(=O)N(C)CC1(O)CCOCC1. The third-order valence-electron chi connectivity index (χ3n) is 3.68. The van der Waals surface area contributed by atoms with E-state index in [1.54, 1.807) is 11.9 Å². The van der Waals surface area contributed by atoms with Gasteiger partial charge in [0.15, 0.2) is 0 Å². The van der Waals surface area contributed by atoms with Crippen LogP contribution in [0.25, 0.3) is 0 Å². The van der Waals surface area contributed by atoms with Crippen LogP contribution < -0.4 is 0 Å². The molecule has 0 unspecified atom stereocenters. The summed E-state index contributed by atoms with van der Waals surface area (Å²) in [4.78, 5) is 14.0. The molecule has 2 rings (SSSR count). The van der Waals surface area contributed by atoms with Crippen molar-refractivity contribution in [3.05, 3.63) is 35.4 Å². The summed E-state index contributed by atoms with van der Waals surface area (Å²) in [6.45, 7) is 3.39. The lowest BCUT2D eigenvalue weighted by atomic mass is 9.93. The normalized spacial score (nSPS) is 18.1. The van der Waals surface area contributed by atoms with Gasteiger partial charge in [-0.05, 0) is 18.6 Å². The van der Waals surface area contributed by atoms with Crippen LogP contribution in [0.3, 0.4) is 0 Å². The zero-order valence-corrected chi connectivity index (χ0v) is 11.6. The number of likely N-dealkylation sites (N-methyl/N-ethyl adjacent to an activating group) is 1. The number of carbonyl (C=O) groups excluding carboxylic acids is 1. The first-order valence-electron chi connectivity index (χ1n) is 6.63. The third kappa shape index (κ3) is 3.33. The molecular formula is C15H21NO3. The minimum absolute atomic E-state index is 0.0435. The Morgan fingerprint density at radius 2 is 2.00 bits per heavy atom. The molecular weight excluding hydrogens is 242 g/mol. The highest BCUT2D eigenvalue weighted by Gasteiger charge is 2.32. The molecule has 1 heterocycles. The molecule has 4 nitrogen and oxygen atoms in total. The van der Waals surface area contributed by atoms with Crippen molar-refractivity contribution in [2.75, 3.05) is 26.8 Å². The summed E-state index contributed by atoms with van der Waals surface area (Å²) in [5, 5.41) is 10.4. The van der Waals surface area contributed by atoms with Gasteiger partial charge in [-0.15, -0.1) is 0 Å². The van der Waals surface area contributed by atoms with Crippen molar-refractivity contribution >= 4 is 5.91 Å². The lowest BCUT2D eigenvalue weighted by Gasteiger charge is -2.35. The molecule has 0 bridgehead atoms. The average Bonchev–Trinajstić information content (AvgIpc) is 2.39. The molecule has 0 saturated carbocycles. The lowest BCUT2D eigenvalue weighted by molar-refractivity contribution is -0.0734. The van der Waals surface area contributed by atoms with Crippen LogP contribution in [0.4, 0.5) is 0 Å². The highest BCUT2D eigenvalue weighted by molar-refractivity contribution is 5.95. The molecule has 1 fully saturated rings. The molecule has 0 spiro atoms. The van der Waals surface area contributed by atoms with Crippen molar-refractivity contribution in [2.24, 2.45) is 0 Å². The van der Waals surface area contributed by atoms with Gasteiger partial charge in [0.05, 0.1) is 5.60 Å². The van der Waals surface area contributed by atoms with Crippen LogP contribution in [-0.4, -0.2) is 48.3 Å². The summed E-state index contributed by atoms with van der Waals surface area (Å²) in [7, 11) is 1.74. The van der Waals surface area contributed by atoms with Gasteiger partial charge >= 0.3 is 0 Å². The van der Waals surface area contributed by atoms with E-state index in [0.29, 0.717) is 38.2 Å². The van der Waals surface area contributed by atoms with Crippen molar-refractivity contribution in [1.82, 2.24) is 4.90 Å². The monoisotopic (exact) mass is 263 g/mol. The maximum absolute atomic E-state index is 12.4. The van der Waals surface area contributed by atoms with E-state index in [0.717, 1.165) is 5.56 Å². The largest absolute Gasteiger partial charge is 0.388 e. The first-order chi connectivity index (χ1) is 9.02. The molecule has 1 amide bonds. The minimum atomic E-state index is -0.814. The van der Waals surface area contributed by atoms with Gasteiger partial charge in [-0.25, -0.2) is 0 Å². The Bertz CT molecular complexity index is 452. The highest BCUT2D eigenvalue weighted by Crippen LogP contribution is 2.22. The van der Waals surface area contributed by atoms with Gasteiger partial charge in [-0.3, -0.25) is 4.79 Å². The van der Waals surface area contributed by atoms with E-state index < -0.39 is 5.60 Å². The van der Waals surface area contributed by atoms with Crippen LogP contribution >= 0.6 is 0 Å². The number of ether oxygens (including phenoxy) is 1. The Hall–Kier alpha value is -1.39. The number of hydrogen-bond acceptors (Lipinski definition) is 3. The van der Waals surface area contributed by atoms with Gasteiger partial charge in [-0.1, -0.05) is 18.2 Å². The smallest absolute Gasteiger partial charge is 0.253 e. The van der Waals surface area contributed by atoms with Crippen LogP contribution in [-0.2, 0) is 4.74 Å². The summed E-state index contributed by atoms with van der Waals surface area (Å²) < 4.78 is 5.25. The predicted octanol–water partition coefficient (Wildman–Crippen LogP) is 1.61. The Balaban J connectivity index is 2.05. The fraction of sp³-hybridized carbons (Fsp3) is 0.533. The van der Waals surface area contributed by atoms with Crippen molar-refractivity contribution in [1.29, 1.82) is 0 Å². The summed E-state index contributed by atoms with van der Waals surface area (Å²) >= 11 is 0. The summed E-state index contributed by atoms with van der Waals surface area (Å²) in [5.74, 6) is -0.0435. The molecule has 1 aliphatic rings. The molecule has 4 heteroatoms. The van der Waals surface area contributed by atoms with Gasteiger partial charge in [0.25, 0.3) is 5.91 Å². The molecule has 1 aromatic rings. The van der Waals surface area contributed by atoms with E-state index in [4.69, 9.17) is 4.74 Å². The Morgan fingerprint density at radius 1 is 1.37 bits per heavy atom. The number of benzene rings is 1. The molecule has 1 aliphatic heterocycles. The van der Waals surface area contributed by atoms with Crippen LogP contribution in [0.2, 0.25) is 0 Å². The highest BCUT2D eigenvalue weighted by atomic mass is 16.5. The topological polar surface area (TPSA) is 49.8 Å². The fourth-order valence-corrected chi connectivity index (χ4v) is 2.44. The van der Waals surface area contributed by atoms with Crippen molar-refractivity contribution < 1.29 is 14.6 Å². The van der Waals surface area contributed by atoms with Crippen molar-refractivity contribution in [3.63, 3.8) is 0 Å². The number of aliphatic hydroxyl groups is 1. The predicted molar refractivity (Wildman–Crippen MR) is 73.1 cm³/mol. The molecule has 19 heavy (non-hydrogen) atoms. The second-order valence-electron chi connectivity index (χ2n) is 5.31. The molecule has 0 aliphatic carbocycles. The molecule has 1 saturated heterocycles. The first kappa shape index (κ1) is 14.0. The van der Waals surface area contributed by atoms with E-state index in [-0.39, 0.29) is 5.91 Å². The van der Waals surface area contributed by atoms with E-state index in [9.17, 15) is 9.90 Å². The second-order valence-corrected chi connectivity index (χ2v) is 5.31. The number of amides is 1. The van der Waals surface area contributed by atoms with Crippen LogP contribution in [0, 0.1) is 6.92 Å². The van der Waals surface area contributed by atoms with Gasteiger partial charge in [0, 0.05) is 45.2 Å². The average molecular weight is 263 g/mol. The van der Waals surface area contributed by atoms with Crippen molar-refractivity contribution in [3.8, 4) is 0 Å². The maximum Gasteiger partial charge on any atom is 0.253 e. The summed E-state index contributed by atoms with van der Waals surface area (Å²) in [6.07, 6.45) is 1.16. The minimum Gasteiger partial charge on any atom is -0.388 e. The number of hydrogen-bond donors (Lipinski definition) is 1. The molecule has 0 radical (unpaired) electrons. The zero-order chi connectivity index (χ0) is 13.9. The number of aryl methyl sites for hydroxylation is 1. The molecule has 1 N–H and O–H groups in total. The Kier molecular flexibility index (Phi) is 4.22. The number of rotatable bonds is 3. The van der Waals surface area contributed by atoms with Gasteiger partial charge in [0.2, 0.25) is 0 Å². The van der Waals surface area contributed by atoms with Gasteiger partial charge in [-0.2, -0.15) is 0 Å². The molecule has 0 atom stereocenters. The van der Waals surface area contributed by atoms with Crippen LogP contribution in [0.1, 0.15) is 28.8 Å². The standard InChI is InChI=1S/C15H21NO3/c1-12-5-3-4-6-13(12)14(17)16(2)11-15(18)7-9-19-10-8-15/h3-6,18H,7-11H2,1-2H3. The zero-order valence-electron chi connectivity index (χ0n) is 11.6. The number of carbonyl (C=O) groups is 1. The van der Waals surface area contributed by atoms with E-state index in [1.165, 1.54) is 0 Å². The Morgan fingerprint density at radius 3 is 2.63 bits per heavy atom. The van der Waals surface area contributed by atoms with Gasteiger partial charge < -0.3 is 14.7 Å². The summed E-state index contributed by atoms with van der Waals surface area (Å²) in [5.41, 5.74) is 0.838. The van der Waals surface area contributed by atoms with E-state index in [1.807, 2.05) is 31.2 Å². The van der Waals surface area contributed by atoms with Crippen LogP contribution in [0.5, 0.6) is 0 Å². The quantitative estimate of drug-likeness (QED) is 0.901. The first-order valence-corrected chi connectivity index (χ1v) is 6.63. The number of nitrogens with zero attached hydrogens (tertiary/aromatic N) is 1. The van der Waals surface area contributed by atoms with Crippen LogP contribution in [0.15, 0.2) is 24.3 Å². The molecule has 1 aromatic carbocycles. The van der Waals surface area contributed by atoms with E-state index in [2.05, 4.69) is 0 Å². The third-order valence-corrected chi connectivity index (χ3v) is 3.68. The maximum atomic E-state index is 12.4. The molecule has 104 valence electrons. The fourth-order valence-electron chi connectivity index (χ4n) is 2.44. The second kappa shape index (κ2) is 5.72. The van der Waals surface area contributed by atoms with E-state index >= 15 is 0 Å². The summed E-state index contributed by atoms with van der Waals surface area (Å²) in [6, 6.07) is 7.52. The Labute approximate surface area is 114 Å². The lowest BCUT2D eigenvalue weighted by Crippen LogP contribution is -2.47.